The molecule has 0 saturated carbocycles. The van der Waals surface area contributed by atoms with Gasteiger partial charge in [-0.1, -0.05) is 0 Å². The highest BCUT2D eigenvalue weighted by atomic mass is 19.1. The standard InChI is InChI=1S/C10H13FN3/c1-13-2-4-14(5-3-13)10-6-9(11)7-12-8-10/h6-8H,1-5H2/q-1. The molecular weight excluding hydrogens is 181 g/mol. The van der Waals surface area contributed by atoms with E-state index in [9.17, 15) is 4.39 Å². The molecule has 1 aliphatic rings. The maximum absolute atomic E-state index is 12.9. The van der Waals surface area contributed by atoms with Crippen molar-refractivity contribution in [2.75, 3.05) is 31.1 Å². The van der Waals surface area contributed by atoms with Crippen LogP contribution in [0.1, 0.15) is 0 Å². The molecule has 0 bridgehead atoms. The van der Waals surface area contributed by atoms with E-state index < -0.39 is 0 Å². The molecule has 4 heteroatoms. The molecule has 1 aromatic heterocycles. The van der Waals surface area contributed by atoms with E-state index in [1.807, 2.05) is 4.90 Å². The minimum Gasteiger partial charge on any atom is -0.456 e. The molecule has 0 unspecified atom stereocenters. The van der Waals surface area contributed by atoms with Crippen molar-refractivity contribution in [1.82, 2.24) is 9.88 Å². The third-order valence-electron chi connectivity index (χ3n) is 2.43. The van der Waals surface area contributed by atoms with Gasteiger partial charge < -0.3 is 9.80 Å². The molecule has 1 aliphatic heterocycles. The molecule has 1 aromatic rings. The zero-order chi connectivity index (χ0) is 9.97. The molecule has 1 saturated heterocycles. The largest absolute Gasteiger partial charge is 0.456 e. The lowest BCUT2D eigenvalue weighted by Gasteiger charge is -2.38. The lowest BCUT2D eigenvalue weighted by molar-refractivity contribution is 0.344. The fraction of sp³-hybridized carbons (Fsp3) is 0.400. The van der Waals surface area contributed by atoms with E-state index in [-0.39, 0.29) is 5.82 Å². The van der Waals surface area contributed by atoms with Gasteiger partial charge >= 0.3 is 0 Å². The summed E-state index contributed by atoms with van der Waals surface area (Å²) in [5, 5.41) is 0. The predicted octanol–water partition coefficient (Wildman–Crippen LogP) is 1.13. The molecule has 0 aliphatic carbocycles. The summed E-state index contributed by atoms with van der Waals surface area (Å²) in [4.78, 5) is 7.97. The van der Waals surface area contributed by atoms with Crippen LogP contribution in [0.4, 0.5) is 10.1 Å². The second-order valence-corrected chi connectivity index (χ2v) is 3.47. The average molecular weight is 194 g/mol. The third kappa shape index (κ3) is 2.01. The molecule has 0 spiro atoms. The molecule has 76 valence electrons. The first-order valence-corrected chi connectivity index (χ1v) is 4.66. The van der Waals surface area contributed by atoms with Gasteiger partial charge in [0.15, 0.2) is 0 Å². The van der Waals surface area contributed by atoms with E-state index >= 15 is 0 Å². The smallest absolute Gasteiger partial charge is 0.143 e. The molecule has 0 radical (unpaired) electrons. The lowest BCUT2D eigenvalue weighted by Crippen LogP contribution is -2.43. The van der Waals surface area contributed by atoms with E-state index in [0.29, 0.717) is 0 Å². The molecule has 0 aromatic carbocycles. The Labute approximate surface area is 83.2 Å². The minimum atomic E-state index is -0.278. The normalized spacial score (nSPS) is 18.6. The number of halogens is 1. The summed E-state index contributed by atoms with van der Waals surface area (Å²) in [5.41, 5.74) is 0.859. The van der Waals surface area contributed by atoms with E-state index in [1.165, 1.54) is 12.3 Å². The van der Waals surface area contributed by atoms with Crippen molar-refractivity contribution in [3.63, 3.8) is 0 Å². The number of aromatic nitrogens is 1. The first-order chi connectivity index (χ1) is 6.75. The fourth-order valence-corrected chi connectivity index (χ4v) is 1.58. The van der Waals surface area contributed by atoms with Crippen molar-refractivity contribution in [2.45, 2.75) is 0 Å². The summed E-state index contributed by atoms with van der Waals surface area (Å²) in [6.07, 6.45) is 2.92. The number of hydrogen-bond acceptors (Lipinski definition) is 3. The number of nitrogens with zero attached hydrogens (tertiary/aromatic N) is 3. The van der Waals surface area contributed by atoms with Crippen LogP contribution in [0.15, 0.2) is 18.5 Å². The number of anilines is 1. The Balaban J connectivity index is 2.08. The van der Waals surface area contributed by atoms with Gasteiger partial charge in [-0.05, 0) is 13.1 Å². The Bertz CT molecular complexity index is 308. The van der Waals surface area contributed by atoms with Crippen molar-refractivity contribution in [2.24, 2.45) is 0 Å². The molecule has 1 fully saturated rings. The highest BCUT2D eigenvalue weighted by molar-refractivity contribution is 5.44. The van der Waals surface area contributed by atoms with Crippen molar-refractivity contribution in [3.8, 4) is 0 Å². The topological polar surface area (TPSA) is 19.4 Å². The molecule has 0 N–H and O–H groups in total. The van der Waals surface area contributed by atoms with E-state index in [1.54, 1.807) is 6.20 Å². The number of hydrogen-bond donors (Lipinski definition) is 0. The summed E-state index contributed by atoms with van der Waals surface area (Å²) < 4.78 is 12.9. The minimum absolute atomic E-state index is 0.278. The van der Waals surface area contributed by atoms with Crippen LogP contribution in [0, 0.1) is 12.9 Å². The van der Waals surface area contributed by atoms with Gasteiger partial charge in [0.1, 0.15) is 5.82 Å². The maximum atomic E-state index is 12.9. The average Bonchev–Trinajstić information content (AvgIpc) is 2.19. The van der Waals surface area contributed by atoms with Gasteiger partial charge in [0.2, 0.25) is 0 Å². The van der Waals surface area contributed by atoms with Crippen LogP contribution in [0.3, 0.4) is 0 Å². The van der Waals surface area contributed by atoms with Gasteiger partial charge in [-0.15, -0.1) is 0 Å². The van der Waals surface area contributed by atoms with Crippen LogP contribution in [0.25, 0.3) is 0 Å². The van der Waals surface area contributed by atoms with Crippen molar-refractivity contribution in [3.05, 3.63) is 31.3 Å². The Kier molecular flexibility index (Phi) is 2.63. The quantitative estimate of drug-likeness (QED) is 0.625. The van der Waals surface area contributed by atoms with Gasteiger partial charge in [0.25, 0.3) is 0 Å². The Morgan fingerprint density at radius 3 is 2.57 bits per heavy atom. The molecule has 3 nitrogen and oxygen atoms in total. The van der Waals surface area contributed by atoms with Gasteiger partial charge in [-0.25, -0.2) is 4.39 Å². The summed E-state index contributed by atoms with van der Waals surface area (Å²) >= 11 is 0. The van der Waals surface area contributed by atoms with Crippen molar-refractivity contribution in [1.29, 1.82) is 0 Å². The van der Waals surface area contributed by atoms with Crippen LogP contribution in [-0.2, 0) is 0 Å². The molecule has 2 heterocycles. The number of pyridine rings is 1. The fourth-order valence-electron chi connectivity index (χ4n) is 1.58. The van der Waals surface area contributed by atoms with E-state index in [0.717, 1.165) is 31.9 Å². The van der Waals surface area contributed by atoms with Gasteiger partial charge in [0, 0.05) is 19.2 Å². The van der Waals surface area contributed by atoms with Gasteiger partial charge in [0.05, 0.1) is 18.1 Å². The second kappa shape index (κ2) is 3.92. The third-order valence-corrected chi connectivity index (χ3v) is 2.43. The first-order valence-electron chi connectivity index (χ1n) is 4.66. The van der Waals surface area contributed by atoms with Crippen LogP contribution >= 0.6 is 0 Å². The van der Waals surface area contributed by atoms with Gasteiger partial charge in [-0.3, -0.25) is 12.0 Å². The molecular formula is C10H13FN3-. The van der Waals surface area contributed by atoms with Crippen LogP contribution in [0.2, 0.25) is 0 Å². The van der Waals surface area contributed by atoms with E-state index in [2.05, 4.69) is 16.9 Å². The van der Waals surface area contributed by atoms with Gasteiger partial charge in [-0.2, -0.15) is 0 Å². The predicted molar refractivity (Wildman–Crippen MR) is 53.3 cm³/mol. The summed E-state index contributed by atoms with van der Waals surface area (Å²) in [7, 11) is 3.86. The van der Waals surface area contributed by atoms with Crippen LogP contribution < -0.4 is 4.90 Å². The van der Waals surface area contributed by atoms with Crippen LogP contribution in [-0.4, -0.2) is 36.1 Å². The molecule has 14 heavy (non-hydrogen) atoms. The Morgan fingerprint density at radius 2 is 1.93 bits per heavy atom. The first kappa shape index (κ1) is 9.40. The Hall–Kier alpha value is -1.16. The maximum Gasteiger partial charge on any atom is 0.143 e. The van der Waals surface area contributed by atoms with Crippen molar-refractivity contribution >= 4 is 5.69 Å². The second-order valence-electron chi connectivity index (χ2n) is 3.47. The van der Waals surface area contributed by atoms with E-state index in [4.69, 9.17) is 0 Å². The summed E-state index contributed by atoms with van der Waals surface area (Å²) in [6.45, 7) is 3.59. The Morgan fingerprint density at radius 1 is 1.21 bits per heavy atom. The van der Waals surface area contributed by atoms with Crippen LogP contribution in [0.5, 0.6) is 0 Å². The zero-order valence-corrected chi connectivity index (χ0v) is 7.99. The molecule has 0 atom stereocenters. The lowest BCUT2D eigenvalue weighted by atomic mass is 10.3. The highest BCUT2D eigenvalue weighted by Gasteiger charge is 2.11. The molecule has 2 rings (SSSR count). The number of rotatable bonds is 1. The SMILES string of the molecule is [CH2-]N1CCN(c2cncc(F)c2)CC1. The monoisotopic (exact) mass is 194 g/mol. The summed E-state index contributed by atoms with van der Waals surface area (Å²) in [5.74, 6) is -0.278. The van der Waals surface area contributed by atoms with Crippen molar-refractivity contribution < 1.29 is 4.39 Å². The molecule has 0 amide bonds. The highest BCUT2D eigenvalue weighted by Crippen LogP contribution is 2.15. The zero-order valence-electron chi connectivity index (χ0n) is 7.99. The summed E-state index contributed by atoms with van der Waals surface area (Å²) in [6, 6.07) is 1.52. The number of piperazine rings is 1.